The van der Waals surface area contributed by atoms with Crippen molar-refractivity contribution < 1.29 is 36.2 Å². The molecule has 1 aliphatic heterocycles. The molecule has 1 aliphatic carbocycles. The van der Waals surface area contributed by atoms with Crippen molar-refractivity contribution in [1.82, 2.24) is 0 Å². The zero-order chi connectivity index (χ0) is 20.0. The van der Waals surface area contributed by atoms with Crippen LogP contribution in [0.25, 0.3) is 9.15 Å². The quantitative estimate of drug-likeness (QED) is 0.417. The molecule has 3 nitrogen and oxygen atoms in total. The minimum absolute atomic E-state index is 0.183. The molecule has 2 aliphatic rings. The number of aliphatic hydroxyl groups is 2. The summed E-state index contributed by atoms with van der Waals surface area (Å²) in [5.41, 5.74) is 4.52. The zero-order valence-electron chi connectivity index (χ0n) is 15.3. The molecule has 0 amide bonds. The number of ether oxygens (including phenoxy) is 1. The van der Waals surface area contributed by atoms with Crippen LogP contribution >= 0.6 is 11.6 Å². The van der Waals surface area contributed by atoms with Crippen LogP contribution in [-0.4, -0.2) is 14.3 Å². The Bertz CT molecular complexity index is 1170. The van der Waals surface area contributed by atoms with Crippen molar-refractivity contribution in [3.8, 4) is 11.5 Å². The van der Waals surface area contributed by atoms with Crippen molar-refractivity contribution in [2.45, 2.75) is 10.5 Å². The summed E-state index contributed by atoms with van der Waals surface area (Å²) < 4.78 is 6.33. The number of halogens is 2. The van der Waals surface area contributed by atoms with E-state index in [1.165, 1.54) is 0 Å². The van der Waals surface area contributed by atoms with Gasteiger partial charge in [0.2, 0.25) is 0 Å². The average Bonchev–Trinajstić information content (AvgIpc) is 3.07. The van der Waals surface area contributed by atoms with Gasteiger partial charge in [-0.25, -0.2) is 0 Å². The van der Waals surface area contributed by atoms with Gasteiger partial charge in [-0.3, -0.25) is 0 Å². The Labute approximate surface area is 184 Å². The Morgan fingerprint density at radius 1 is 0.931 bits per heavy atom. The molecule has 5 heteroatoms. The van der Waals surface area contributed by atoms with Crippen LogP contribution in [0.3, 0.4) is 0 Å². The van der Waals surface area contributed by atoms with Gasteiger partial charge in [0, 0.05) is 0 Å². The molecule has 0 saturated carbocycles. The Balaban J connectivity index is 1.53. The number of aliphatic hydroxyl groups excluding tert-OH is 2. The number of hydrogen-bond acceptors (Lipinski definition) is 3. The molecule has 0 radical (unpaired) electrons. The molecule has 0 saturated heterocycles. The van der Waals surface area contributed by atoms with E-state index in [1.807, 2.05) is 72.8 Å². The Morgan fingerprint density at radius 3 is 2.55 bits per heavy atom. The van der Waals surface area contributed by atoms with Crippen LogP contribution in [0.5, 0.6) is 11.5 Å². The predicted molar refractivity (Wildman–Crippen MR) is 111 cm³/mol. The maximum atomic E-state index is 11.1. The van der Waals surface area contributed by atoms with Gasteiger partial charge in [-0.2, -0.15) is 0 Å². The molecule has 1 unspecified atom stereocenters. The monoisotopic (exact) mass is 515 g/mol. The van der Waals surface area contributed by atoms with E-state index in [9.17, 15) is 10.2 Å². The van der Waals surface area contributed by atoms with Crippen molar-refractivity contribution in [3.63, 3.8) is 0 Å². The van der Waals surface area contributed by atoms with Gasteiger partial charge in [-0.05, 0) is 0 Å². The van der Waals surface area contributed by atoms with Crippen molar-refractivity contribution in [2.75, 3.05) is 0 Å². The molecule has 2 N–H and O–H groups in total. The molecule has 3 aromatic rings. The first-order valence-corrected chi connectivity index (χ1v) is 11.9. The summed E-state index contributed by atoms with van der Waals surface area (Å²) in [4.78, 5) is 0. The van der Waals surface area contributed by atoms with E-state index in [-0.39, 0.29) is 5.76 Å². The third-order valence-electron chi connectivity index (χ3n) is 5.06. The topological polar surface area (TPSA) is 49.7 Å². The molecule has 1 atom stereocenters. The summed E-state index contributed by atoms with van der Waals surface area (Å²) in [6.07, 6.45) is 0.670. The second kappa shape index (κ2) is 7.52. The van der Waals surface area contributed by atoms with Crippen molar-refractivity contribution in [2.24, 2.45) is 0 Å². The molecule has 146 valence electrons. The number of benzene rings is 3. The van der Waals surface area contributed by atoms with E-state index in [0.29, 0.717) is 22.8 Å². The molecule has 1 heterocycles. The molecule has 0 bridgehead atoms. The van der Waals surface area contributed by atoms with Gasteiger partial charge in [0.25, 0.3) is 0 Å². The third-order valence-corrected chi connectivity index (χ3v) is 8.36. The Kier molecular flexibility index (Phi) is 4.86. The Hall–Kier alpha value is -2.28. The fourth-order valence-electron chi connectivity index (χ4n) is 3.71. The van der Waals surface area contributed by atoms with Crippen molar-refractivity contribution in [1.29, 1.82) is 0 Å². The van der Waals surface area contributed by atoms with E-state index in [2.05, 4.69) is 0 Å². The van der Waals surface area contributed by atoms with Gasteiger partial charge in [-0.1, -0.05) is 0 Å². The number of rotatable bonds is 3. The van der Waals surface area contributed by atoms with Gasteiger partial charge in [0.15, 0.2) is 0 Å². The number of alkyl halides is 1. The van der Waals surface area contributed by atoms with Gasteiger partial charge >= 0.3 is 185 Å². The standard InChI is InChI=1S/C24H17ClIO3/c25-16-10-9-14-12-20-22(19(14)13-16)26-24(28)21(23(20)27)15-5-4-8-18(11-15)29-17-6-2-1-3-7-17/h1-11,13,24,27-28H,12H2/q-1. The van der Waals surface area contributed by atoms with Crippen LogP contribution in [0.2, 0.25) is 5.02 Å². The van der Waals surface area contributed by atoms with Crippen molar-refractivity contribution >= 4 is 20.8 Å². The van der Waals surface area contributed by atoms with Gasteiger partial charge in [0.05, 0.1) is 0 Å². The summed E-state index contributed by atoms with van der Waals surface area (Å²) in [5, 5.41) is 22.7. The molecule has 0 fully saturated rings. The van der Waals surface area contributed by atoms with E-state index >= 15 is 0 Å². The Morgan fingerprint density at radius 2 is 1.72 bits per heavy atom. The van der Waals surface area contributed by atoms with Crippen LogP contribution in [0.4, 0.5) is 0 Å². The van der Waals surface area contributed by atoms with E-state index in [4.69, 9.17) is 16.3 Å². The molecule has 0 spiro atoms. The SMILES string of the molecule is OC1=C(c2cccc(Oc3ccccc3)c2)C(O)[I-]C2=C1Cc1ccc(Cl)cc12. The summed E-state index contributed by atoms with van der Waals surface area (Å²) in [7, 11) is 0. The van der Waals surface area contributed by atoms with Crippen LogP contribution in [0.15, 0.2) is 84.1 Å². The number of allylic oxidation sites excluding steroid dienone is 1. The first kappa shape index (κ1) is 18.7. The van der Waals surface area contributed by atoms with Gasteiger partial charge < -0.3 is 0 Å². The molecular formula is C24H17ClIO3-. The van der Waals surface area contributed by atoms with Crippen molar-refractivity contribution in [3.05, 3.63) is 106 Å². The van der Waals surface area contributed by atoms with Crippen LogP contribution < -0.4 is 25.9 Å². The maximum absolute atomic E-state index is 11.1. The van der Waals surface area contributed by atoms with E-state index in [1.54, 1.807) is 0 Å². The van der Waals surface area contributed by atoms with E-state index < -0.39 is 25.3 Å². The third kappa shape index (κ3) is 3.45. The normalized spacial score (nSPS) is 18.2. The number of fused-ring (bicyclic) bond motifs is 2. The van der Waals surface area contributed by atoms with Crippen LogP contribution in [-0.2, 0) is 6.42 Å². The van der Waals surface area contributed by atoms with Crippen LogP contribution in [0.1, 0.15) is 16.7 Å². The summed E-state index contributed by atoms with van der Waals surface area (Å²) >= 11 is 5.45. The van der Waals surface area contributed by atoms with E-state index in [0.717, 1.165) is 31.6 Å². The second-order valence-electron chi connectivity index (χ2n) is 6.92. The zero-order valence-corrected chi connectivity index (χ0v) is 18.2. The summed E-state index contributed by atoms with van der Waals surface area (Å²) in [6, 6.07) is 22.9. The molecule has 3 aromatic carbocycles. The second-order valence-corrected chi connectivity index (χ2v) is 10.2. The first-order chi connectivity index (χ1) is 14.1. The number of para-hydroxylation sites is 1. The summed E-state index contributed by atoms with van der Waals surface area (Å²) in [5.74, 6) is 1.59. The molecule has 5 rings (SSSR count). The minimum atomic E-state index is -0.728. The fraction of sp³-hybridized carbons (Fsp3) is 0.0833. The molecule has 0 aromatic heterocycles. The summed E-state index contributed by atoms with van der Waals surface area (Å²) in [6.45, 7) is 0. The fourth-order valence-corrected chi connectivity index (χ4v) is 7.10. The average molecular weight is 516 g/mol. The number of hydrogen-bond donors (Lipinski definition) is 2. The van der Waals surface area contributed by atoms with Gasteiger partial charge in [-0.15, -0.1) is 0 Å². The van der Waals surface area contributed by atoms with Gasteiger partial charge in [0.1, 0.15) is 0 Å². The van der Waals surface area contributed by atoms with Crippen LogP contribution in [0, 0.1) is 0 Å². The molecule has 29 heavy (non-hydrogen) atoms. The molecular weight excluding hydrogens is 499 g/mol. The predicted octanol–water partition coefficient (Wildman–Crippen LogP) is 2.79. The first-order valence-electron chi connectivity index (χ1n) is 9.20.